The van der Waals surface area contributed by atoms with Gasteiger partial charge in [0.25, 0.3) is 5.91 Å². The van der Waals surface area contributed by atoms with Crippen molar-refractivity contribution < 1.29 is 4.79 Å². The monoisotopic (exact) mass is 400 g/mol. The maximum absolute atomic E-state index is 12.9. The molecule has 1 atom stereocenters. The number of likely N-dealkylation sites (tertiary alicyclic amines) is 1. The summed E-state index contributed by atoms with van der Waals surface area (Å²) in [7, 11) is 0. The standard InChI is InChI=1S/C25H28N4O/c1-17-6-4-7-20(10-17)12-21-11-18(2)28-23(13-21)22-8-5-9-29(16-22)25(30)24-15-26-19(3)14-27-24/h4,6-7,10-11,13-15,22H,5,8-9,12,16H2,1-3H3/t22-/m1/s1. The van der Waals surface area contributed by atoms with E-state index in [2.05, 4.69) is 60.2 Å². The van der Waals surface area contributed by atoms with Crippen LogP contribution in [0.2, 0.25) is 0 Å². The van der Waals surface area contributed by atoms with E-state index in [0.29, 0.717) is 12.2 Å². The van der Waals surface area contributed by atoms with Crippen LogP contribution in [0, 0.1) is 20.8 Å². The minimum absolute atomic E-state index is 0.0418. The molecule has 0 bridgehead atoms. The lowest BCUT2D eigenvalue weighted by Crippen LogP contribution is -2.39. The van der Waals surface area contributed by atoms with E-state index in [-0.39, 0.29) is 11.8 Å². The van der Waals surface area contributed by atoms with Crippen molar-refractivity contribution >= 4 is 5.91 Å². The van der Waals surface area contributed by atoms with Crippen molar-refractivity contribution in [1.29, 1.82) is 0 Å². The Bertz CT molecular complexity index is 1050. The maximum atomic E-state index is 12.9. The Kier molecular flexibility index (Phi) is 5.88. The molecule has 1 aliphatic heterocycles. The van der Waals surface area contributed by atoms with Crippen LogP contribution in [-0.4, -0.2) is 38.8 Å². The third-order valence-electron chi connectivity index (χ3n) is 5.65. The highest BCUT2D eigenvalue weighted by Gasteiger charge is 2.27. The number of carbonyl (C=O) groups is 1. The Morgan fingerprint density at radius 3 is 2.67 bits per heavy atom. The summed E-state index contributed by atoms with van der Waals surface area (Å²) in [6.07, 6.45) is 6.13. The van der Waals surface area contributed by atoms with Crippen molar-refractivity contribution in [1.82, 2.24) is 19.9 Å². The lowest BCUT2D eigenvalue weighted by molar-refractivity contribution is 0.0699. The molecule has 30 heavy (non-hydrogen) atoms. The van der Waals surface area contributed by atoms with Gasteiger partial charge in [-0.2, -0.15) is 0 Å². The first-order valence-electron chi connectivity index (χ1n) is 10.6. The molecule has 1 fully saturated rings. The lowest BCUT2D eigenvalue weighted by atomic mass is 9.92. The third kappa shape index (κ3) is 4.73. The molecule has 1 amide bonds. The van der Waals surface area contributed by atoms with E-state index >= 15 is 0 Å². The van der Waals surface area contributed by atoms with Crippen LogP contribution < -0.4 is 0 Å². The van der Waals surface area contributed by atoms with E-state index in [4.69, 9.17) is 4.98 Å². The second kappa shape index (κ2) is 8.74. The van der Waals surface area contributed by atoms with Crippen LogP contribution in [0.25, 0.3) is 0 Å². The van der Waals surface area contributed by atoms with Gasteiger partial charge in [0.2, 0.25) is 0 Å². The molecule has 3 aromatic rings. The Morgan fingerprint density at radius 1 is 1.03 bits per heavy atom. The zero-order chi connectivity index (χ0) is 21.1. The van der Waals surface area contributed by atoms with Gasteiger partial charge in [-0.3, -0.25) is 14.8 Å². The molecule has 0 aliphatic carbocycles. The molecule has 0 N–H and O–H groups in total. The van der Waals surface area contributed by atoms with Crippen molar-refractivity contribution in [3.63, 3.8) is 0 Å². The number of carbonyl (C=O) groups excluding carboxylic acids is 1. The normalized spacial score (nSPS) is 16.5. The number of nitrogens with zero attached hydrogens (tertiary/aromatic N) is 4. The third-order valence-corrected chi connectivity index (χ3v) is 5.65. The van der Waals surface area contributed by atoms with Gasteiger partial charge in [0, 0.05) is 36.6 Å². The summed E-state index contributed by atoms with van der Waals surface area (Å²) < 4.78 is 0. The smallest absolute Gasteiger partial charge is 0.274 e. The summed E-state index contributed by atoms with van der Waals surface area (Å²) in [5.41, 5.74) is 7.21. The Morgan fingerprint density at radius 2 is 1.90 bits per heavy atom. The first kappa shape index (κ1) is 20.2. The minimum atomic E-state index is -0.0418. The van der Waals surface area contributed by atoms with Crippen molar-refractivity contribution in [3.05, 3.63) is 88.3 Å². The quantitative estimate of drug-likeness (QED) is 0.651. The molecule has 4 rings (SSSR count). The van der Waals surface area contributed by atoms with Gasteiger partial charge in [-0.25, -0.2) is 4.98 Å². The van der Waals surface area contributed by atoms with Crippen LogP contribution in [0.4, 0.5) is 0 Å². The molecule has 5 nitrogen and oxygen atoms in total. The van der Waals surface area contributed by atoms with Gasteiger partial charge in [0.05, 0.1) is 11.9 Å². The Balaban J connectivity index is 1.52. The van der Waals surface area contributed by atoms with Crippen LogP contribution in [-0.2, 0) is 6.42 Å². The zero-order valence-corrected chi connectivity index (χ0v) is 17.9. The van der Waals surface area contributed by atoms with Gasteiger partial charge in [-0.05, 0) is 63.3 Å². The fourth-order valence-electron chi connectivity index (χ4n) is 4.21. The van der Waals surface area contributed by atoms with Gasteiger partial charge < -0.3 is 4.90 Å². The summed E-state index contributed by atoms with van der Waals surface area (Å²) >= 11 is 0. The number of rotatable bonds is 4. The minimum Gasteiger partial charge on any atom is -0.337 e. The average molecular weight is 401 g/mol. The molecule has 5 heteroatoms. The number of aryl methyl sites for hydroxylation is 3. The van der Waals surface area contributed by atoms with E-state index in [1.165, 1.54) is 16.7 Å². The molecule has 0 unspecified atom stereocenters. The average Bonchev–Trinajstić information content (AvgIpc) is 2.73. The lowest BCUT2D eigenvalue weighted by Gasteiger charge is -2.32. The first-order chi connectivity index (χ1) is 14.5. The number of piperidine rings is 1. The van der Waals surface area contributed by atoms with Crippen molar-refractivity contribution in [2.24, 2.45) is 0 Å². The summed E-state index contributed by atoms with van der Waals surface area (Å²) in [6, 6.07) is 13.0. The number of benzene rings is 1. The van der Waals surface area contributed by atoms with E-state index in [9.17, 15) is 4.79 Å². The molecule has 3 heterocycles. The molecule has 2 aromatic heterocycles. The van der Waals surface area contributed by atoms with Gasteiger partial charge in [-0.15, -0.1) is 0 Å². The largest absolute Gasteiger partial charge is 0.337 e. The summed E-state index contributed by atoms with van der Waals surface area (Å²) in [5.74, 6) is 0.206. The van der Waals surface area contributed by atoms with Crippen LogP contribution >= 0.6 is 0 Å². The highest BCUT2D eigenvalue weighted by Crippen LogP contribution is 2.28. The van der Waals surface area contributed by atoms with Gasteiger partial charge in [0.1, 0.15) is 5.69 Å². The predicted octanol–water partition coefficient (Wildman–Crippen LogP) is 4.41. The molecule has 0 spiro atoms. The van der Waals surface area contributed by atoms with Crippen LogP contribution in [0.1, 0.15) is 63.0 Å². The van der Waals surface area contributed by atoms with Crippen LogP contribution in [0.15, 0.2) is 48.8 Å². The van der Waals surface area contributed by atoms with Gasteiger partial charge in [-0.1, -0.05) is 29.8 Å². The van der Waals surface area contributed by atoms with Crippen molar-refractivity contribution in [2.75, 3.05) is 13.1 Å². The molecule has 0 radical (unpaired) electrons. The maximum Gasteiger partial charge on any atom is 0.274 e. The van der Waals surface area contributed by atoms with E-state index in [1.807, 2.05) is 11.8 Å². The van der Waals surface area contributed by atoms with Crippen molar-refractivity contribution in [3.8, 4) is 0 Å². The Labute approximate surface area is 178 Å². The number of amides is 1. The van der Waals surface area contributed by atoms with Crippen molar-refractivity contribution in [2.45, 2.75) is 46.0 Å². The Hall–Kier alpha value is -3.08. The number of pyridine rings is 1. The van der Waals surface area contributed by atoms with E-state index in [0.717, 1.165) is 42.9 Å². The van der Waals surface area contributed by atoms with Gasteiger partial charge >= 0.3 is 0 Å². The highest BCUT2D eigenvalue weighted by molar-refractivity contribution is 5.92. The second-order valence-corrected chi connectivity index (χ2v) is 8.34. The molecular formula is C25H28N4O. The van der Waals surface area contributed by atoms with E-state index in [1.54, 1.807) is 12.4 Å². The summed E-state index contributed by atoms with van der Waals surface area (Å²) in [6.45, 7) is 7.48. The SMILES string of the molecule is Cc1cccc(Cc2cc(C)nc([C@@H]3CCCN(C(=O)c4cnc(C)cn4)C3)c2)c1. The molecule has 1 aromatic carbocycles. The topological polar surface area (TPSA) is 59.0 Å². The molecule has 0 saturated carbocycles. The molecule has 1 aliphatic rings. The van der Waals surface area contributed by atoms with Crippen LogP contribution in [0.5, 0.6) is 0 Å². The number of hydrogen-bond donors (Lipinski definition) is 0. The van der Waals surface area contributed by atoms with Crippen LogP contribution in [0.3, 0.4) is 0 Å². The van der Waals surface area contributed by atoms with Gasteiger partial charge in [0.15, 0.2) is 0 Å². The molecular weight excluding hydrogens is 372 g/mol. The predicted molar refractivity (Wildman–Crippen MR) is 118 cm³/mol. The molecule has 1 saturated heterocycles. The van der Waals surface area contributed by atoms with E-state index < -0.39 is 0 Å². The number of hydrogen-bond acceptors (Lipinski definition) is 4. The fraction of sp³-hybridized carbons (Fsp3) is 0.360. The summed E-state index contributed by atoms with van der Waals surface area (Å²) in [4.78, 5) is 28.1. The second-order valence-electron chi connectivity index (χ2n) is 8.34. The highest BCUT2D eigenvalue weighted by atomic mass is 16.2. The zero-order valence-electron chi connectivity index (χ0n) is 17.9. The number of aromatic nitrogens is 3. The fourth-order valence-corrected chi connectivity index (χ4v) is 4.21. The molecule has 154 valence electrons. The first-order valence-corrected chi connectivity index (χ1v) is 10.6. The summed E-state index contributed by atoms with van der Waals surface area (Å²) in [5, 5.41) is 0.